The van der Waals surface area contributed by atoms with Crippen molar-refractivity contribution < 1.29 is 19.1 Å². The Morgan fingerprint density at radius 2 is 2.11 bits per heavy atom. The van der Waals surface area contributed by atoms with Crippen LogP contribution in [0, 0.1) is 0 Å². The molecule has 0 aromatic rings. The third-order valence-electron chi connectivity index (χ3n) is 0.648. The summed E-state index contributed by atoms with van der Waals surface area (Å²) in [5, 5.41) is 7.85. The lowest BCUT2D eigenvalue weighted by molar-refractivity contribution is -0.144. The number of halogens is 1. The van der Waals surface area contributed by atoms with Crippen molar-refractivity contribution in [2.45, 2.75) is 12.6 Å². The fourth-order valence-electron chi connectivity index (χ4n) is 0.264. The minimum absolute atomic E-state index is 0.755. The summed E-state index contributed by atoms with van der Waals surface area (Å²) in [7, 11) is 0. The van der Waals surface area contributed by atoms with Crippen LogP contribution < -0.4 is 5.73 Å². The SMILES string of the molecule is NC(=O)CC(F)C(=O)O. The molecule has 1 unspecified atom stereocenters. The molecule has 52 valence electrons. The molecule has 0 heterocycles. The van der Waals surface area contributed by atoms with Gasteiger partial charge in [-0.25, -0.2) is 9.18 Å². The van der Waals surface area contributed by atoms with Gasteiger partial charge in [0.15, 0.2) is 0 Å². The number of hydrogen-bond acceptors (Lipinski definition) is 2. The molecular weight excluding hydrogens is 129 g/mol. The number of carbonyl (C=O) groups is 2. The fraction of sp³-hybridized carbons (Fsp3) is 0.500. The van der Waals surface area contributed by atoms with E-state index in [0.29, 0.717) is 0 Å². The summed E-state index contributed by atoms with van der Waals surface area (Å²) in [6.07, 6.45) is -2.92. The normalized spacial score (nSPS) is 12.6. The van der Waals surface area contributed by atoms with E-state index in [1.54, 1.807) is 0 Å². The molecule has 3 N–H and O–H groups in total. The second kappa shape index (κ2) is 3.01. The predicted molar refractivity (Wildman–Crippen MR) is 26.3 cm³/mol. The highest BCUT2D eigenvalue weighted by atomic mass is 19.1. The van der Waals surface area contributed by atoms with Gasteiger partial charge in [0.25, 0.3) is 0 Å². The molecule has 1 atom stereocenters. The lowest BCUT2D eigenvalue weighted by Gasteiger charge is -1.95. The zero-order valence-corrected chi connectivity index (χ0v) is 4.50. The molecule has 0 radical (unpaired) electrons. The highest BCUT2D eigenvalue weighted by Crippen LogP contribution is 1.95. The van der Waals surface area contributed by atoms with E-state index in [-0.39, 0.29) is 0 Å². The lowest BCUT2D eigenvalue weighted by atomic mass is 10.3. The van der Waals surface area contributed by atoms with E-state index in [0.717, 1.165) is 0 Å². The summed E-state index contributed by atoms with van der Waals surface area (Å²) in [6, 6.07) is 0. The number of amides is 1. The standard InChI is InChI=1S/C4H6FNO3/c5-2(4(8)9)1-3(6)7/h2H,1H2,(H2,6,7)(H,8,9). The third kappa shape index (κ3) is 3.45. The van der Waals surface area contributed by atoms with E-state index >= 15 is 0 Å². The van der Waals surface area contributed by atoms with Gasteiger partial charge in [-0.15, -0.1) is 0 Å². The Kier molecular flexibility index (Phi) is 2.63. The van der Waals surface area contributed by atoms with Crippen LogP contribution in [0.3, 0.4) is 0 Å². The molecule has 0 aliphatic heterocycles. The van der Waals surface area contributed by atoms with Gasteiger partial charge in [-0.3, -0.25) is 4.79 Å². The molecule has 1 amide bonds. The molecule has 0 aromatic heterocycles. The summed E-state index contributed by atoms with van der Waals surface area (Å²) in [5.74, 6) is -2.61. The fourth-order valence-corrected chi connectivity index (χ4v) is 0.264. The van der Waals surface area contributed by atoms with Gasteiger partial charge in [0.2, 0.25) is 12.1 Å². The van der Waals surface area contributed by atoms with Crippen LogP contribution in [0.25, 0.3) is 0 Å². The smallest absolute Gasteiger partial charge is 0.338 e. The zero-order chi connectivity index (χ0) is 7.44. The Labute approximate surface area is 50.5 Å². The molecule has 9 heavy (non-hydrogen) atoms. The van der Waals surface area contributed by atoms with Gasteiger partial charge in [0.05, 0.1) is 6.42 Å². The second-order valence-corrected chi connectivity index (χ2v) is 1.48. The largest absolute Gasteiger partial charge is 0.479 e. The van der Waals surface area contributed by atoms with Crippen LogP contribution in [0.1, 0.15) is 6.42 Å². The number of carbonyl (C=O) groups excluding carboxylic acids is 1. The molecular formula is C4H6FNO3. The van der Waals surface area contributed by atoms with E-state index in [1.807, 2.05) is 0 Å². The van der Waals surface area contributed by atoms with Crippen molar-refractivity contribution in [3.63, 3.8) is 0 Å². The van der Waals surface area contributed by atoms with Gasteiger partial charge >= 0.3 is 5.97 Å². The Bertz CT molecular complexity index is 136. The van der Waals surface area contributed by atoms with E-state index in [9.17, 15) is 14.0 Å². The number of nitrogens with two attached hydrogens (primary N) is 1. The summed E-state index contributed by atoms with van der Waals surface area (Å²) in [5.41, 5.74) is 4.49. The molecule has 5 heteroatoms. The first kappa shape index (κ1) is 7.87. The molecule has 0 saturated heterocycles. The van der Waals surface area contributed by atoms with Crippen molar-refractivity contribution in [3.05, 3.63) is 0 Å². The van der Waals surface area contributed by atoms with Crippen LogP contribution in [-0.2, 0) is 9.59 Å². The second-order valence-electron chi connectivity index (χ2n) is 1.48. The average Bonchev–Trinajstić information content (AvgIpc) is 1.63. The third-order valence-corrected chi connectivity index (χ3v) is 0.648. The minimum Gasteiger partial charge on any atom is -0.479 e. The summed E-state index contributed by atoms with van der Waals surface area (Å²) in [4.78, 5) is 19.5. The van der Waals surface area contributed by atoms with Gasteiger partial charge < -0.3 is 10.8 Å². The van der Waals surface area contributed by atoms with Gasteiger partial charge in [0.1, 0.15) is 0 Å². The maximum Gasteiger partial charge on any atom is 0.338 e. The zero-order valence-electron chi connectivity index (χ0n) is 4.50. The Hall–Kier alpha value is -1.13. The van der Waals surface area contributed by atoms with Gasteiger partial charge in [-0.05, 0) is 0 Å². The molecule has 0 fully saturated rings. The first-order valence-electron chi connectivity index (χ1n) is 2.19. The van der Waals surface area contributed by atoms with Crippen molar-refractivity contribution in [3.8, 4) is 0 Å². The van der Waals surface area contributed by atoms with Crippen molar-refractivity contribution >= 4 is 11.9 Å². The van der Waals surface area contributed by atoms with Gasteiger partial charge in [-0.2, -0.15) is 0 Å². The molecule has 0 saturated carbocycles. The van der Waals surface area contributed by atoms with E-state index < -0.39 is 24.5 Å². The number of carboxylic acid groups (broad SMARTS) is 1. The molecule has 0 aliphatic carbocycles. The van der Waals surface area contributed by atoms with E-state index in [2.05, 4.69) is 5.73 Å². The molecule has 4 nitrogen and oxygen atoms in total. The molecule has 0 aromatic carbocycles. The van der Waals surface area contributed by atoms with Crippen molar-refractivity contribution in [2.75, 3.05) is 0 Å². The predicted octanol–water partition coefficient (Wildman–Crippen LogP) is -0.716. The monoisotopic (exact) mass is 135 g/mol. The number of hydrogen-bond donors (Lipinski definition) is 2. The van der Waals surface area contributed by atoms with E-state index in [4.69, 9.17) is 5.11 Å². The summed E-state index contributed by atoms with van der Waals surface area (Å²) in [6.45, 7) is 0. The van der Waals surface area contributed by atoms with Crippen LogP contribution in [0.5, 0.6) is 0 Å². The van der Waals surface area contributed by atoms with Crippen molar-refractivity contribution in [1.29, 1.82) is 0 Å². The Morgan fingerprint density at radius 3 is 2.22 bits per heavy atom. The minimum atomic E-state index is -2.16. The summed E-state index contributed by atoms with van der Waals surface area (Å²) >= 11 is 0. The first-order valence-corrected chi connectivity index (χ1v) is 2.19. The highest BCUT2D eigenvalue weighted by Gasteiger charge is 2.17. The molecule has 0 rings (SSSR count). The number of carboxylic acids is 1. The number of rotatable bonds is 3. The quantitative estimate of drug-likeness (QED) is 0.536. The number of alkyl halides is 1. The summed E-state index contributed by atoms with van der Waals surface area (Å²) < 4.78 is 11.9. The maximum atomic E-state index is 11.9. The van der Waals surface area contributed by atoms with Crippen LogP contribution in [0.4, 0.5) is 4.39 Å². The first-order chi connectivity index (χ1) is 4.04. The Balaban J connectivity index is 3.63. The van der Waals surface area contributed by atoms with Crippen LogP contribution in [-0.4, -0.2) is 23.2 Å². The van der Waals surface area contributed by atoms with Crippen LogP contribution >= 0.6 is 0 Å². The van der Waals surface area contributed by atoms with Gasteiger partial charge in [0, 0.05) is 0 Å². The van der Waals surface area contributed by atoms with Crippen LogP contribution in [0.2, 0.25) is 0 Å². The number of primary amides is 1. The van der Waals surface area contributed by atoms with Gasteiger partial charge in [-0.1, -0.05) is 0 Å². The van der Waals surface area contributed by atoms with Crippen molar-refractivity contribution in [1.82, 2.24) is 0 Å². The van der Waals surface area contributed by atoms with Crippen LogP contribution in [0.15, 0.2) is 0 Å². The average molecular weight is 135 g/mol. The number of aliphatic carboxylic acids is 1. The lowest BCUT2D eigenvalue weighted by Crippen LogP contribution is -2.23. The molecule has 0 bridgehead atoms. The Morgan fingerprint density at radius 1 is 1.67 bits per heavy atom. The topological polar surface area (TPSA) is 80.4 Å². The molecule has 0 spiro atoms. The maximum absolute atomic E-state index is 11.9. The molecule has 0 aliphatic rings. The van der Waals surface area contributed by atoms with Crippen molar-refractivity contribution in [2.24, 2.45) is 5.73 Å². The van der Waals surface area contributed by atoms with E-state index in [1.165, 1.54) is 0 Å². The highest BCUT2D eigenvalue weighted by molar-refractivity contribution is 5.82.